The van der Waals surface area contributed by atoms with Crippen molar-refractivity contribution in [3.05, 3.63) is 83.9 Å². The largest absolute Gasteiger partial charge is 0.493 e. The van der Waals surface area contributed by atoms with Crippen LogP contribution in [0.5, 0.6) is 17.2 Å². The molecule has 36 heavy (non-hydrogen) atoms. The van der Waals surface area contributed by atoms with Crippen molar-refractivity contribution in [3.63, 3.8) is 0 Å². The molecule has 1 amide bonds. The van der Waals surface area contributed by atoms with Gasteiger partial charge in [-0.25, -0.2) is 4.79 Å². The standard InChI is InChI=1S/C29H28N2O5/c1-3-4-16-31-29(33)24(19-30)17-21-10-15-26(27(18-21)34-2)36-28(32)20-35-25-13-11-23(12-14-25)22-8-6-5-7-9-22/h5-15,17-18H,3-4,16,20H2,1-2H3,(H,31,33)/b24-17+. The summed E-state index contributed by atoms with van der Waals surface area (Å²) in [7, 11) is 1.44. The number of methoxy groups -OCH3 is 1. The smallest absolute Gasteiger partial charge is 0.349 e. The summed E-state index contributed by atoms with van der Waals surface area (Å²) in [5.41, 5.74) is 2.67. The van der Waals surface area contributed by atoms with Crippen molar-refractivity contribution in [2.45, 2.75) is 19.8 Å². The molecule has 0 radical (unpaired) electrons. The number of amides is 1. The Hall–Kier alpha value is -4.57. The van der Waals surface area contributed by atoms with Crippen LogP contribution in [-0.4, -0.2) is 32.1 Å². The first-order chi connectivity index (χ1) is 17.5. The highest BCUT2D eigenvalue weighted by Crippen LogP contribution is 2.29. The molecule has 0 saturated heterocycles. The number of nitriles is 1. The van der Waals surface area contributed by atoms with E-state index in [1.54, 1.807) is 30.3 Å². The van der Waals surface area contributed by atoms with Crippen LogP contribution in [0.3, 0.4) is 0 Å². The number of carbonyl (C=O) groups is 2. The van der Waals surface area contributed by atoms with Crippen LogP contribution in [0.2, 0.25) is 0 Å². The Balaban J connectivity index is 1.60. The van der Waals surface area contributed by atoms with Crippen molar-refractivity contribution < 1.29 is 23.8 Å². The van der Waals surface area contributed by atoms with Crippen molar-refractivity contribution in [2.24, 2.45) is 0 Å². The van der Waals surface area contributed by atoms with Gasteiger partial charge in [-0.2, -0.15) is 5.26 Å². The molecule has 0 unspecified atom stereocenters. The summed E-state index contributed by atoms with van der Waals surface area (Å²) in [6, 6.07) is 24.0. The third-order valence-electron chi connectivity index (χ3n) is 5.22. The van der Waals surface area contributed by atoms with Crippen LogP contribution in [0.25, 0.3) is 17.2 Å². The number of ether oxygens (including phenoxy) is 3. The van der Waals surface area contributed by atoms with Crippen molar-refractivity contribution in [1.82, 2.24) is 5.32 Å². The summed E-state index contributed by atoms with van der Waals surface area (Å²) in [6.07, 6.45) is 3.23. The fraction of sp³-hybridized carbons (Fsp3) is 0.207. The van der Waals surface area contributed by atoms with Gasteiger partial charge in [0.05, 0.1) is 7.11 Å². The van der Waals surface area contributed by atoms with Crippen LogP contribution in [0.15, 0.2) is 78.4 Å². The lowest BCUT2D eigenvalue weighted by Crippen LogP contribution is -2.25. The summed E-state index contributed by atoms with van der Waals surface area (Å²) in [5.74, 6) is -0.00646. The molecular weight excluding hydrogens is 456 g/mol. The highest BCUT2D eigenvalue weighted by atomic mass is 16.6. The van der Waals surface area contributed by atoms with E-state index in [2.05, 4.69) is 5.32 Å². The first kappa shape index (κ1) is 26.0. The lowest BCUT2D eigenvalue weighted by atomic mass is 10.1. The molecule has 3 aromatic rings. The van der Waals surface area contributed by atoms with Gasteiger partial charge in [0.25, 0.3) is 5.91 Å². The van der Waals surface area contributed by atoms with E-state index >= 15 is 0 Å². The third-order valence-corrected chi connectivity index (χ3v) is 5.22. The van der Waals surface area contributed by atoms with E-state index in [0.717, 1.165) is 24.0 Å². The highest BCUT2D eigenvalue weighted by molar-refractivity contribution is 6.01. The predicted molar refractivity (Wildman–Crippen MR) is 138 cm³/mol. The average Bonchev–Trinajstić information content (AvgIpc) is 2.92. The number of unbranched alkanes of at least 4 members (excludes halogenated alkanes) is 1. The molecular formula is C29H28N2O5. The normalized spacial score (nSPS) is 10.8. The Labute approximate surface area is 210 Å². The van der Waals surface area contributed by atoms with Gasteiger partial charge in [0.2, 0.25) is 0 Å². The average molecular weight is 485 g/mol. The van der Waals surface area contributed by atoms with Gasteiger partial charge in [-0.1, -0.05) is 61.9 Å². The molecule has 0 aromatic heterocycles. The van der Waals surface area contributed by atoms with E-state index in [4.69, 9.17) is 14.2 Å². The molecule has 0 fully saturated rings. The molecule has 1 N–H and O–H groups in total. The number of nitrogens with zero attached hydrogens (tertiary/aromatic N) is 1. The molecule has 0 heterocycles. The number of rotatable bonds is 11. The highest BCUT2D eigenvalue weighted by Gasteiger charge is 2.13. The second-order valence-electron chi connectivity index (χ2n) is 7.84. The Morgan fingerprint density at radius 3 is 2.36 bits per heavy atom. The Morgan fingerprint density at radius 1 is 0.972 bits per heavy atom. The molecule has 7 heteroatoms. The van der Waals surface area contributed by atoms with Crippen molar-refractivity contribution in [2.75, 3.05) is 20.3 Å². The lowest BCUT2D eigenvalue weighted by molar-refractivity contribution is -0.136. The molecule has 0 aliphatic heterocycles. The van der Waals surface area contributed by atoms with Gasteiger partial charge in [-0.15, -0.1) is 0 Å². The zero-order valence-corrected chi connectivity index (χ0v) is 20.3. The van der Waals surface area contributed by atoms with Crippen molar-refractivity contribution >= 4 is 18.0 Å². The van der Waals surface area contributed by atoms with Crippen LogP contribution in [0.1, 0.15) is 25.3 Å². The van der Waals surface area contributed by atoms with Gasteiger partial charge in [0.1, 0.15) is 17.4 Å². The second-order valence-corrected chi connectivity index (χ2v) is 7.84. The predicted octanol–water partition coefficient (Wildman–Crippen LogP) is 5.17. The lowest BCUT2D eigenvalue weighted by Gasteiger charge is -2.11. The van der Waals surface area contributed by atoms with E-state index in [1.165, 1.54) is 13.2 Å². The third kappa shape index (κ3) is 7.47. The monoisotopic (exact) mass is 484 g/mol. The van der Waals surface area contributed by atoms with Crippen LogP contribution in [-0.2, 0) is 9.59 Å². The van der Waals surface area contributed by atoms with Gasteiger partial charge in [0.15, 0.2) is 18.1 Å². The second kappa shape index (κ2) is 13.4. The molecule has 3 aromatic carbocycles. The maximum Gasteiger partial charge on any atom is 0.349 e. The Bertz CT molecular complexity index is 1240. The minimum absolute atomic E-state index is 0.0235. The van der Waals surface area contributed by atoms with Gasteiger partial charge in [0, 0.05) is 6.54 Å². The number of nitrogens with one attached hydrogen (secondary N) is 1. The zero-order valence-electron chi connectivity index (χ0n) is 20.3. The molecule has 7 nitrogen and oxygen atoms in total. The SMILES string of the molecule is CCCCNC(=O)/C(C#N)=C/c1ccc(OC(=O)COc2ccc(-c3ccccc3)cc2)c(OC)c1. The molecule has 0 spiro atoms. The fourth-order valence-corrected chi connectivity index (χ4v) is 3.32. The number of carbonyl (C=O) groups excluding carboxylic acids is 2. The van der Waals surface area contributed by atoms with Gasteiger partial charge in [-0.05, 0) is 53.5 Å². The molecule has 0 saturated carbocycles. The van der Waals surface area contributed by atoms with Crippen LogP contribution >= 0.6 is 0 Å². The van der Waals surface area contributed by atoms with Gasteiger partial charge < -0.3 is 19.5 Å². The zero-order chi connectivity index (χ0) is 25.8. The number of benzene rings is 3. The molecule has 0 aliphatic rings. The van der Waals surface area contributed by atoms with Crippen LogP contribution in [0.4, 0.5) is 0 Å². The molecule has 0 aliphatic carbocycles. The number of hydrogen-bond donors (Lipinski definition) is 1. The minimum Gasteiger partial charge on any atom is -0.493 e. The van der Waals surface area contributed by atoms with Crippen molar-refractivity contribution in [3.8, 4) is 34.4 Å². The quantitative estimate of drug-likeness (QED) is 0.133. The van der Waals surface area contributed by atoms with Crippen molar-refractivity contribution in [1.29, 1.82) is 5.26 Å². The van der Waals surface area contributed by atoms with E-state index in [9.17, 15) is 14.9 Å². The van der Waals surface area contributed by atoms with Crippen LogP contribution in [0, 0.1) is 11.3 Å². The molecule has 3 rings (SSSR count). The molecule has 184 valence electrons. The first-order valence-electron chi connectivity index (χ1n) is 11.6. The molecule has 0 bridgehead atoms. The summed E-state index contributed by atoms with van der Waals surface area (Å²) in [4.78, 5) is 24.5. The Kier molecular flexibility index (Phi) is 9.66. The molecule has 0 atom stereocenters. The maximum atomic E-state index is 12.4. The van der Waals surface area contributed by atoms with E-state index in [0.29, 0.717) is 17.9 Å². The minimum atomic E-state index is -0.600. The summed E-state index contributed by atoms with van der Waals surface area (Å²) < 4.78 is 16.3. The number of esters is 1. The van der Waals surface area contributed by atoms with E-state index in [-0.39, 0.29) is 23.7 Å². The van der Waals surface area contributed by atoms with Gasteiger partial charge in [-0.3, -0.25) is 4.79 Å². The van der Waals surface area contributed by atoms with E-state index < -0.39 is 11.9 Å². The summed E-state index contributed by atoms with van der Waals surface area (Å²) in [6.45, 7) is 2.24. The fourth-order valence-electron chi connectivity index (χ4n) is 3.32. The maximum absolute atomic E-state index is 12.4. The summed E-state index contributed by atoms with van der Waals surface area (Å²) >= 11 is 0. The first-order valence-corrected chi connectivity index (χ1v) is 11.6. The van der Waals surface area contributed by atoms with Gasteiger partial charge >= 0.3 is 5.97 Å². The number of hydrogen-bond acceptors (Lipinski definition) is 6. The Morgan fingerprint density at radius 2 is 1.69 bits per heavy atom. The van der Waals surface area contributed by atoms with E-state index in [1.807, 2.05) is 55.5 Å². The van der Waals surface area contributed by atoms with Crippen LogP contribution < -0.4 is 19.5 Å². The summed E-state index contributed by atoms with van der Waals surface area (Å²) in [5, 5.41) is 12.1. The topological polar surface area (TPSA) is 97.7 Å².